The van der Waals surface area contributed by atoms with Gasteiger partial charge < -0.3 is 4.74 Å². The molecule has 0 radical (unpaired) electrons. The van der Waals surface area contributed by atoms with E-state index in [-0.39, 0.29) is 5.69 Å². The van der Waals surface area contributed by atoms with Gasteiger partial charge in [-0.25, -0.2) is 4.98 Å². The lowest BCUT2D eigenvalue weighted by Gasteiger charge is -2.03. The Morgan fingerprint density at radius 1 is 1.18 bits per heavy atom. The Labute approximate surface area is 105 Å². The van der Waals surface area contributed by atoms with Gasteiger partial charge >= 0.3 is 0 Å². The number of nitrogens with zero attached hydrogens (tertiary/aromatic N) is 2. The summed E-state index contributed by atoms with van der Waals surface area (Å²) in [6, 6.07) is 10.0. The summed E-state index contributed by atoms with van der Waals surface area (Å²) in [5.74, 6) is 0.937. The molecule has 0 N–H and O–H groups in total. The van der Waals surface area contributed by atoms with Crippen LogP contribution in [0.5, 0.6) is 11.6 Å². The van der Waals surface area contributed by atoms with Crippen LogP contribution >= 0.6 is 15.9 Å². The maximum Gasteiger partial charge on any atom is 0.287 e. The number of hydrogen-bond donors (Lipinski definition) is 0. The van der Waals surface area contributed by atoms with E-state index >= 15 is 0 Å². The van der Waals surface area contributed by atoms with Crippen LogP contribution in [0.15, 0.2) is 47.1 Å². The van der Waals surface area contributed by atoms with Gasteiger partial charge in [0.05, 0.1) is 4.92 Å². The third kappa shape index (κ3) is 3.01. The highest BCUT2D eigenvalue weighted by Gasteiger charge is 2.06. The van der Waals surface area contributed by atoms with Crippen molar-refractivity contribution in [1.29, 1.82) is 0 Å². The van der Waals surface area contributed by atoms with Gasteiger partial charge in [-0.2, -0.15) is 0 Å². The van der Waals surface area contributed by atoms with E-state index in [1.165, 1.54) is 12.1 Å². The number of aromatic nitrogens is 1. The van der Waals surface area contributed by atoms with Crippen LogP contribution in [-0.4, -0.2) is 9.91 Å². The molecule has 17 heavy (non-hydrogen) atoms. The van der Waals surface area contributed by atoms with E-state index < -0.39 is 4.92 Å². The highest BCUT2D eigenvalue weighted by molar-refractivity contribution is 9.10. The predicted octanol–water partition coefficient (Wildman–Crippen LogP) is 3.54. The van der Waals surface area contributed by atoms with Crippen molar-refractivity contribution >= 4 is 21.6 Å². The third-order valence-electron chi connectivity index (χ3n) is 1.97. The number of benzene rings is 1. The molecule has 0 atom stereocenters. The maximum atomic E-state index is 10.4. The average Bonchev–Trinajstić information content (AvgIpc) is 2.33. The zero-order valence-electron chi connectivity index (χ0n) is 8.54. The summed E-state index contributed by atoms with van der Waals surface area (Å²) in [7, 11) is 0. The van der Waals surface area contributed by atoms with E-state index in [1.54, 1.807) is 12.1 Å². The minimum absolute atomic E-state index is 0.0619. The van der Waals surface area contributed by atoms with E-state index in [9.17, 15) is 10.1 Å². The van der Waals surface area contributed by atoms with Crippen molar-refractivity contribution in [3.8, 4) is 11.6 Å². The fourth-order valence-electron chi connectivity index (χ4n) is 1.16. The molecule has 5 nitrogen and oxygen atoms in total. The van der Waals surface area contributed by atoms with Gasteiger partial charge in [-0.05, 0) is 24.3 Å². The molecule has 0 saturated heterocycles. The fourth-order valence-corrected chi connectivity index (χ4v) is 1.43. The van der Waals surface area contributed by atoms with Crippen molar-refractivity contribution in [2.24, 2.45) is 0 Å². The van der Waals surface area contributed by atoms with Gasteiger partial charge in [0.25, 0.3) is 5.69 Å². The summed E-state index contributed by atoms with van der Waals surface area (Å²) in [6.45, 7) is 0. The monoisotopic (exact) mass is 294 g/mol. The minimum Gasteiger partial charge on any atom is -0.439 e. The molecule has 86 valence electrons. The van der Waals surface area contributed by atoms with Gasteiger partial charge in [-0.15, -0.1) is 0 Å². The second kappa shape index (κ2) is 4.92. The molecule has 0 fully saturated rings. The molecule has 0 amide bonds. The highest BCUT2D eigenvalue weighted by Crippen LogP contribution is 2.22. The summed E-state index contributed by atoms with van der Waals surface area (Å²) < 4.78 is 6.36. The summed E-state index contributed by atoms with van der Waals surface area (Å²) in [6.07, 6.45) is 1.16. The molecule has 0 aliphatic rings. The van der Waals surface area contributed by atoms with E-state index in [4.69, 9.17) is 4.74 Å². The number of hydrogen-bond acceptors (Lipinski definition) is 4. The first-order chi connectivity index (χ1) is 8.15. The average molecular weight is 295 g/mol. The first-order valence-corrected chi connectivity index (χ1v) is 5.48. The first kappa shape index (κ1) is 11.5. The van der Waals surface area contributed by atoms with Crippen LogP contribution in [0.3, 0.4) is 0 Å². The largest absolute Gasteiger partial charge is 0.439 e. The van der Waals surface area contributed by atoms with E-state index in [1.807, 2.05) is 12.1 Å². The molecule has 1 heterocycles. The van der Waals surface area contributed by atoms with Crippen LogP contribution < -0.4 is 4.74 Å². The molecule has 0 saturated carbocycles. The quantitative estimate of drug-likeness (QED) is 0.641. The Hall–Kier alpha value is -1.95. The van der Waals surface area contributed by atoms with Gasteiger partial charge in [0, 0.05) is 16.6 Å². The van der Waals surface area contributed by atoms with Gasteiger partial charge in [-0.3, -0.25) is 10.1 Å². The van der Waals surface area contributed by atoms with Crippen molar-refractivity contribution in [1.82, 2.24) is 4.98 Å². The van der Waals surface area contributed by atoms with Crippen molar-refractivity contribution in [2.75, 3.05) is 0 Å². The summed E-state index contributed by atoms with van der Waals surface area (Å²) in [4.78, 5) is 13.8. The molecule has 0 unspecified atom stereocenters. The Morgan fingerprint density at radius 2 is 1.88 bits per heavy atom. The van der Waals surface area contributed by atoms with Gasteiger partial charge in [0.15, 0.2) is 0 Å². The van der Waals surface area contributed by atoms with Crippen molar-refractivity contribution in [3.63, 3.8) is 0 Å². The van der Waals surface area contributed by atoms with Gasteiger partial charge in [-0.1, -0.05) is 15.9 Å². The number of halogens is 1. The van der Waals surface area contributed by atoms with E-state index in [0.717, 1.165) is 10.7 Å². The molecule has 0 aliphatic heterocycles. The topological polar surface area (TPSA) is 65.3 Å². The summed E-state index contributed by atoms with van der Waals surface area (Å²) in [5, 5.41) is 10.4. The smallest absolute Gasteiger partial charge is 0.287 e. The predicted molar refractivity (Wildman–Crippen MR) is 65.1 cm³/mol. The van der Waals surface area contributed by atoms with Crippen LogP contribution in [0.2, 0.25) is 0 Å². The lowest BCUT2D eigenvalue weighted by atomic mass is 10.3. The SMILES string of the molecule is O=[N+]([O-])c1ccc(Oc2ccc(Br)cc2)nc1. The third-order valence-corrected chi connectivity index (χ3v) is 2.50. The Morgan fingerprint density at radius 3 is 2.41 bits per heavy atom. The fraction of sp³-hybridized carbons (Fsp3) is 0. The molecule has 2 aromatic rings. The Bertz CT molecular complexity index is 525. The standard InChI is InChI=1S/C11H7BrN2O3/c12-8-1-4-10(5-2-8)17-11-6-3-9(7-13-11)14(15)16/h1-7H. The lowest BCUT2D eigenvalue weighted by Crippen LogP contribution is -1.91. The van der Waals surface area contributed by atoms with Crippen molar-refractivity contribution < 1.29 is 9.66 Å². The van der Waals surface area contributed by atoms with Crippen molar-refractivity contribution in [2.45, 2.75) is 0 Å². The van der Waals surface area contributed by atoms with E-state index in [0.29, 0.717) is 11.6 Å². The Balaban J connectivity index is 2.13. The molecule has 1 aromatic carbocycles. The van der Waals surface area contributed by atoms with Gasteiger partial charge in [0.2, 0.25) is 5.88 Å². The number of nitro groups is 1. The lowest BCUT2D eigenvalue weighted by molar-refractivity contribution is -0.385. The number of pyridine rings is 1. The van der Waals surface area contributed by atoms with Crippen LogP contribution in [-0.2, 0) is 0 Å². The maximum absolute atomic E-state index is 10.4. The normalized spacial score (nSPS) is 9.94. The zero-order chi connectivity index (χ0) is 12.3. The van der Waals surface area contributed by atoms with Crippen LogP contribution in [0.4, 0.5) is 5.69 Å². The summed E-state index contributed by atoms with van der Waals surface area (Å²) >= 11 is 3.31. The Kier molecular flexibility index (Phi) is 3.34. The number of rotatable bonds is 3. The molecule has 6 heteroatoms. The van der Waals surface area contributed by atoms with Crippen LogP contribution in [0.25, 0.3) is 0 Å². The minimum atomic E-state index is -0.504. The highest BCUT2D eigenvalue weighted by atomic mass is 79.9. The molecular weight excluding hydrogens is 288 g/mol. The molecule has 0 aliphatic carbocycles. The summed E-state index contributed by atoms with van der Waals surface area (Å²) in [5.41, 5.74) is -0.0619. The first-order valence-electron chi connectivity index (χ1n) is 4.69. The molecule has 2 rings (SSSR count). The second-order valence-corrected chi connectivity index (χ2v) is 4.08. The van der Waals surface area contributed by atoms with Crippen LogP contribution in [0, 0.1) is 10.1 Å². The van der Waals surface area contributed by atoms with Gasteiger partial charge in [0.1, 0.15) is 11.9 Å². The van der Waals surface area contributed by atoms with Crippen LogP contribution in [0.1, 0.15) is 0 Å². The molecular formula is C11H7BrN2O3. The second-order valence-electron chi connectivity index (χ2n) is 3.17. The molecule has 0 spiro atoms. The zero-order valence-corrected chi connectivity index (χ0v) is 10.1. The molecule has 1 aromatic heterocycles. The molecule has 0 bridgehead atoms. The van der Waals surface area contributed by atoms with E-state index in [2.05, 4.69) is 20.9 Å². The van der Waals surface area contributed by atoms with Crippen molar-refractivity contribution in [3.05, 3.63) is 57.2 Å². The number of ether oxygens (including phenoxy) is 1.